The molecule has 4 rings (SSSR count). The third kappa shape index (κ3) is 3.08. The predicted octanol–water partition coefficient (Wildman–Crippen LogP) is 2.58. The molecule has 1 aromatic heterocycles. The summed E-state index contributed by atoms with van der Waals surface area (Å²) in [6, 6.07) is 18.4. The van der Waals surface area contributed by atoms with Crippen LogP contribution in [0.4, 0.5) is 0 Å². The molecule has 1 atom stereocenters. The molecule has 0 N–H and O–H groups in total. The van der Waals surface area contributed by atoms with E-state index in [9.17, 15) is 8.42 Å². The number of hydrogen-bond donors (Lipinski definition) is 0. The van der Waals surface area contributed by atoms with Crippen molar-refractivity contribution in [3.8, 4) is 11.3 Å². The van der Waals surface area contributed by atoms with Crippen LogP contribution in [0.1, 0.15) is 12.5 Å². The van der Waals surface area contributed by atoms with Gasteiger partial charge in [-0.2, -0.15) is 4.31 Å². The number of rotatable bonds is 4. The Hall–Kier alpha value is -2.51. The van der Waals surface area contributed by atoms with Gasteiger partial charge in [-0.05, 0) is 18.6 Å². The van der Waals surface area contributed by atoms with Crippen LogP contribution in [-0.2, 0) is 10.0 Å². The molecular weight excluding hydrogens is 336 g/mol. The summed E-state index contributed by atoms with van der Waals surface area (Å²) in [5.74, 6) is 0. The van der Waals surface area contributed by atoms with E-state index in [4.69, 9.17) is 0 Å². The van der Waals surface area contributed by atoms with Crippen LogP contribution < -0.4 is 0 Å². The highest BCUT2D eigenvalue weighted by molar-refractivity contribution is 7.89. The first-order chi connectivity index (χ1) is 12.1. The lowest BCUT2D eigenvalue weighted by Gasteiger charge is -2.16. The molecule has 0 saturated carbocycles. The fraction of sp³-hybridized carbons (Fsp3) is 0.222. The molecule has 0 amide bonds. The van der Waals surface area contributed by atoms with Gasteiger partial charge in [0.05, 0.1) is 17.1 Å². The van der Waals surface area contributed by atoms with Gasteiger partial charge in [-0.1, -0.05) is 53.7 Å². The van der Waals surface area contributed by atoms with Gasteiger partial charge >= 0.3 is 0 Å². The maximum atomic E-state index is 12.7. The molecule has 1 fully saturated rings. The Bertz CT molecular complexity index is 955. The lowest BCUT2D eigenvalue weighted by atomic mass is 10.2. The van der Waals surface area contributed by atoms with Gasteiger partial charge in [-0.15, -0.1) is 5.10 Å². The Labute approximate surface area is 146 Å². The van der Waals surface area contributed by atoms with Crippen molar-refractivity contribution in [2.45, 2.75) is 17.4 Å². The Kier molecular flexibility index (Phi) is 4.10. The van der Waals surface area contributed by atoms with Crippen LogP contribution in [0.2, 0.25) is 0 Å². The lowest BCUT2D eigenvalue weighted by molar-refractivity contribution is 0.428. The summed E-state index contributed by atoms with van der Waals surface area (Å²) in [7, 11) is -3.45. The molecule has 2 aromatic carbocycles. The predicted molar refractivity (Wildman–Crippen MR) is 94.3 cm³/mol. The second kappa shape index (κ2) is 6.42. The summed E-state index contributed by atoms with van der Waals surface area (Å²) < 4.78 is 28.7. The first-order valence-electron chi connectivity index (χ1n) is 8.17. The molecule has 25 heavy (non-hydrogen) atoms. The van der Waals surface area contributed by atoms with E-state index in [1.54, 1.807) is 28.9 Å². The summed E-state index contributed by atoms with van der Waals surface area (Å²) >= 11 is 0. The third-order valence-corrected chi connectivity index (χ3v) is 6.34. The molecular formula is C18H18N4O2S. The van der Waals surface area contributed by atoms with Crippen molar-refractivity contribution < 1.29 is 8.42 Å². The highest BCUT2D eigenvalue weighted by Gasteiger charge is 2.33. The molecule has 0 radical (unpaired) electrons. The summed E-state index contributed by atoms with van der Waals surface area (Å²) in [5.41, 5.74) is 1.80. The largest absolute Gasteiger partial charge is 0.247 e. The van der Waals surface area contributed by atoms with Crippen LogP contribution in [0, 0.1) is 0 Å². The molecule has 0 spiro atoms. The number of hydrogen-bond acceptors (Lipinski definition) is 4. The van der Waals surface area contributed by atoms with Crippen molar-refractivity contribution in [1.29, 1.82) is 0 Å². The minimum Gasteiger partial charge on any atom is -0.247 e. The smallest absolute Gasteiger partial charge is 0.243 e. The monoisotopic (exact) mass is 354 g/mol. The standard InChI is InChI=1S/C18H18N4O2S/c23-25(24,17-9-5-2-6-10-17)21-12-11-16(13-21)22-14-18(19-20-22)15-7-3-1-4-8-15/h1-10,14,16H,11-13H2. The maximum absolute atomic E-state index is 12.7. The van der Waals surface area contributed by atoms with Gasteiger partial charge in [-0.3, -0.25) is 0 Å². The maximum Gasteiger partial charge on any atom is 0.243 e. The molecule has 1 unspecified atom stereocenters. The van der Waals surface area contributed by atoms with Crippen LogP contribution in [0.5, 0.6) is 0 Å². The zero-order chi connectivity index (χ0) is 17.3. The molecule has 2 heterocycles. The Morgan fingerprint density at radius 3 is 2.36 bits per heavy atom. The normalized spacial score (nSPS) is 18.5. The van der Waals surface area contributed by atoms with Gasteiger partial charge in [0.2, 0.25) is 10.0 Å². The number of aromatic nitrogens is 3. The van der Waals surface area contributed by atoms with Crippen molar-refractivity contribution in [3.05, 3.63) is 66.9 Å². The average Bonchev–Trinajstić information content (AvgIpc) is 3.33. The molecule has 1 aliphatic heterocycles. The first-order valence-corrected chi connectivity index (χ1v) is 9.61. The minimum absolute atomic E-state index is 0.00319. The molecule has 0 aliphatic carbocycles. The number of nitrogens with zero attached hydrogens (tertiary/aromatic N) is 4. The van der Waals surface area contributed by atoms with Crippen LogP contribution in [0.25, 0.3) is 11.3 Å². The summed E-state index contributed by atoms with van der Waals surface area (Å²) in [6.45, 7) is 0.900. The van der Waals surface area contributed by atoms with E-state index in [1.807, 2.05) is 42.6 Å². The van der Waals surface area contributed by atoms with E-state index < -0.39 is 10.0 Å². The molecule has 6 nitrogen and oxygen atoms in total. The SMILES string of the molecule is O=S(=O)(c1ccccc1)N1CCC(n2cc(-c3ccccc3)nn2)C1. The van der Waals surface area contributed by atoms with Gasteiger partial charge in [0.15, 0.2) is 0 Å². The fourth-order valence-corrected chi connectivity index (χ4v) is 4.60. The van der Waals surface area contributed by atoms with Crippen molar-refractivity contribution in [2.75, 3.05) is 13.1 Å². The zero-order valence-electron chi connectivity index (χ0n) is 13.6. The van der Waals surface area contributed by atoms with Crippen molar-refractivity contribution >= 4 is 10.0 Å². The molecule has 128 valence electrons. The third-order valence-electron chi connectivity index (χ3n) is 4.46. The highest BCUT2D eigenvalue weighted by Crippen LogP contribution is 2.27. The Balaban J connectivity index is 1.53. The number of benzene rings is 2. The Morgan fingerprint density at radius 1 is 0.960 bits per heavy atom. The number of sulfonamides is 1. The Morgan fingerprint density at radius 2 is 1.64 bits per heavy atom. The first kappa shape index (κ1) is 16.0. The van der Waals surface area contributed by atoms with E-state index in [2.05, 4.69) is 10.3 Å². The van der Waals surface area contributed by atoms with E-state index >= 15 is 0 Å². The molecule has 1 aliphatic rings. The van der Waals surface area contributed by atoms with Crippen molar-refractivity contribution in [1.82, 2.24) is 19.3 Å². The zero-order valence-corrected chi connectivity index (χ0v) is 14.4. The van der Waals surface area contributed by atoms with Crippen LogP contribution in [-0.4, -0.2) is 40.8 Å². The second-order valence-corrected chi connectivity index (χ2v) is 8.01. The van der Waals surface area contributed by atoms with Gasteiger partial charge < -0.3 is 0 Å². The van der Waals surface area contributed by atoms with Gasteiger partial charge in [-0.25, -0.2) is 13.1 Å². The average molecular weight is 354 g/mol. The van der Waals surface area contributed by atoms with Crippen LogP contribution >= 0.6 is 0 Å². The van der Waals surface area contributed by atoms with Gasteiger partial charge in [0.25, 0.3) is 0 Å². The molecule has 3 aromatic rings. The summed E-state index contributed by atoms with van der Waals surface area (Å²) in [6.07, 6.45) is 2.61. The topological polar surface area (TPSA) is 68.1 Å². The summed E-state index contributed by atoms with van der Waals surface area (Å²) in [5, 5.41) is 8.43. The van der Waals surface area contributed by atoms with Crippen LogP contribution in [0.15, 0.2) is 71.8 Å². The molecule has 7 heteroatoms. The minimum atomic E-state index is -3.45. The fourth-order valence-electron chi connectivity index (χ4n) is 3.08. The van der Waals surface area contributed by atoms with Gasteiger partial charge in [0, 0.05) is 18.7 Å². The second-order valence-electron chi connectivity index (χ2n) is 6.07. The molecule has 1 saturated heterocycles. The molecule has 0 bridgehead atoms. The van der Waals surface area contributed by atoms with E-state index in [0.717, 1.165) is 17.7 Å². The van der Waals surface area contributed by atoms with E-state index in [0.29, 0.717) is 18.0 Å². The van der Waals surface area contributed by atoms with E-state index in [1.165, 1.54) is 4.31 Å². The highest BCUT2D eigenvalue weighted by atomic mass is 32.2. The quantitative estimate of drug-likeness (QED) is 0.722. The van der Waals surface area contributed by atoms with Crippen molar-refractivity contribution in [2.24, 2.45) is 0 Å². The lowest BCUT2D eigenvalue weighted by Crippen LogP contribution is -2.29. The van der Waals surface area contributed by atoms with Crippen molar-refractivity contribution in [3.63, 3.8) is 0 Å². The van der Waals surface area contributed by atoms with Gasteiger partial charge in [0.1, 0.15) is 5.69 Å². The van der Waals surface area contributed by atoms with E-state index in [-0.39, 0.29) is 6.04 Å². The summed E-state index contributed by atoms with van der Waals surface area (Å²) in [4.78, 5) is 0.333. The van der Waals surface area contributed by atoms with Crippen LogP contribution in [0.3, 0.4) is 0 Å².